The summed E-state index contributed by atoms with van der Waals surface area (Å²) < 4.78 is 5.72. The van der Waals surface area contributed by atoms with Crippen molar-refractivity contribution in [2.45, 2.75) is 6.61 Å². The smallest absolute Gasteiger partial charge is 0.235 e. The zero-order chi connectivity index (χ0) is 18.6. The highest BCUT2D eigenvalue weighted by atomic mass is 16.5. The molecule has 27 heavy (non-hydrogen) atoms. The van der Waals surface area contributed by atoms with Crippen LogP contribution in [0.2, 0.25) is 0 Å². The van der Waals surface area contributed by atoms with Gasteiger partial charge in [-0.1, -0.05) is 48.5 Å². The van der Waals surface area contributed by atoms with Gasteiger partial charge in [-0.2, -0.15) is 0 Å². The number of hydrogen-bond donors (Lipinski definition) is 1. The van der Waals surface area contributed by atoms with Gasteiger partial charge in [0, 0.05) is 22.7 Å². The van der Waals surface area contributed by atoms with Crippen LogP contribution < -0.4 is 4.74 Å². The van der Waals surface area contributed by atoms with E-state index in [1.165, 1.54) is 0 Å². The fourth-order valence-corrected chi connectivity index (χ4v) is 2.96. The molecule has 1 heterocycles. The third-order valence-electron chi connectivity index (χ3n) is 4.40. The Hall–Kier alpha value is -3.66. The SMILES string of the molecule is O=C(C(=O)c1c[nH]c2ccccc12)c1ccc(OCc2ccccc2)cc1. The molecule has 0 bridgehead atoms. The van der Waals surface area contributed by atoms with E-state index in [0.717, 1.165) is 16.5 Å². The maximum atomic E-state index is 12.6. The van der Waals surface area contributed by atoms with Crippen molar-refractivity contribution in [1.82, 2.24) is 4.98 Å². The molecule has 4 aromatic rings. The van der Waals surface area contributed by atoms with Crippen LogP contribution in [0.15, 0.2) is 85.1 Å². The third-order valence-corrected chi connectivity index (χ3v) is 4.40. The van der Waals surface area contributed by atoms with Crippen molar-refractivity contribution in [2.75, 3.05) is 0 Å². The molecule has 0 saturated carbocycles. The Bertz CT molecular complexity index is 1100. The number of nitrogens with one attached hydrogen (secondary N) is 1. The number of carbonyl (C=O) groups is 2. The Morgan fingerprint density at radius 3 is 2.26 bits per heavy atom. The van der Waals surface area contributed by atoms with Crippen molar-refractivity contribution in [3.63, 3.8) is 0 Å². The molecule has 0 aliphatic rings. The minimum atomic E-state index is -0.533. The highest BCUT2D eigenvalue weighted by Crippen LogP contribution is 2.21. The number of aromatic amines is 1. The minimum absolute atomic E-state index is 0.345. The van der Waals surface area contributed by atoms with Crippen molar-refractivity contribution in [3.05, 3.63) is 102 Å². The summed E-state index contributed by atoms with van der Waals surface area (Å²) >= 11 is 0. The van der Waals surface area contributed by atoms with E-state index in [9.17, 15) is 9.59 Å². The number of ether oxygens (including phenoxy) is 1. The average Bonchev–Trinajstić information content (AvgIpc) is 3.16. The molecule has 4 rings (SSSR count). The van der Waals surface area contributed by atoms with E-state index >= 15 is 0 Å². The number of ketones is 2. The second kappa shape index (κ2) is 7.30. The molecule has 3 aromatic carbocycles. The van der Waals surface area contributed by atoms with E-state index in [0.29, 0.717) is 23.5 Å². The van der Waals surface area contributed by atoms with Crippen molar-refractivity contribution < 1.29 is 14.3 Å². The van der Waals surface area contributed by atoms with Crippen LogP contribution in [0.4, 0.5) is 0 Å². The number of carbonyl (C=O) groups excluding carboxylic acids is 2. The summed E-state index contributed by atoms with van der Waals surface area (Å²) in [5.74, 6) is -0.408. The molecule has 4 heteroatoms. The van der Waals surface area contributed by atoms with Gasteiger partial charge in [0.2, 0.25) is 11.6 Å². The van der Waals surface area contributed by atoms with Crippen LogP contribution in [0.1, 0.15) is 26.3 Å². The normalized spacial score (nSPS) is 10.7. The minimum Gasteiger partial charge on any atom is -0.489 e. The van der Waals surface area contributed by atoms with Gasteiger partial charge in [0.15, 0.2) is 0 Å². The molecule has 1 aromatic heterocycles. The summed E-state index contributed by atoms with van der Waals surface area (Å²) in [6, 6.07) is 23.9. The van der Waals surface area contributed by atoms with Gasteiger partial charge in [0.1, 0.15) is 12.4 Å². The van der Waals surface area contributed by atoms with Crippen molar-refractivity contribution in [3.8, 4) is 5.75 Å². The number of hydrogen-bond acceptors (Lipinski definition) is 3. The van der Waals surface area contributed by atoms with E-state index in [2.05, 4.69) is 4.98 Å². The van der Waals surface area contributed by atoms with Crippen LogP contribution in [0.25, 0.3) is 10.9 Å². The van der Waals surface area contributed by atoms with Crippen LogP contribution in [-0.4, -0.2) is 16.6 Å². The Morgan fingerprint density at radius 1 is 0.778 bits per heavy atom. The molecule has 4 nitrogen and oxygen atoms in total. The zero-order valence-electron chi connectivity index (χ0n) is 14.5. The molecule has 0 unspecified atom stereocenters. The predicted octanol–water partition coefficient (Wildman–Crippen LogP) is 4.81. The summed E-state index contributed by atoms with van der Waals surface area (Å²) in [5, 5.41) is 0.749. The molecule has 0 saturated heterocycles. The molecule has 0 spiro atoms. The fourth-order valence-electron chi connectivity index (χ4n) is 2.96. The first kappa shape index (κ1) is 16.8. The van der Waals surface area contributed by atoms with Gasteiger partial charge < -0.3 is 9.72 Å². The summed E-state index contributed by atoms with van der Waals surface area (Å²) in [7, 11) is 0. The number of aromatic nitrogens is 1. The molecule has 0 aliphatic carbocycles. The monoisotopic (exact) mass is 355 g/mol. The van der Waals surface area contributed by atoms with Crippen molar-refractivity contribution in [1.29, 1.82) is 0 Å². The van der Waals surface area contributed by atoms with E-state index in [1.54, 1.807) is 30.5 Å². The van der Waals surface area contributed by atoms with Gasteiger partial charge in [0.25, 0.3) is 0 Å². The number of H-pyrrole nitrogens is 1. The van der Waals surface area contributed by atoms with Crippen LogP contribution in [-0.2, 0) is 6.61 Å². The third kappa shape index (κ3) is 3.51. The highest BCUT2D eigenvalue weighted by molar-refractivity contribution is 6.50. The second-order valence-corrected chi connectivity index (χ2v) is 6.20. The van der Waals surface area contributed by atoms with E-state index < -0.39 is 11.6 Å². The Morgan fingerprint density at radius 2 is 1.48 bits per heavy atom. The van der Waals surface area contributed by atoms with Crippen LogP contribution in [0, 0.1) is 0 Å². The van der Waals surface area contributed by atoms with Gasteiger partial charge in [0.05, 0.1) is 5.56 Å². The molecular weight excluding hydrogens is 338 g/mol. The van der Waals surface area contributed by atoms with Crippen molar-refractivity contribution >= 4 is 22.5 Å². The number of fused-ring (bicyclic) bond motifs is 1. The van der Waals surface area contributed by atoms with Gasteiger partial charge in [-0.25, -0.2) is 0 Å². The molecule has 0 atom stereocenters. The van der Waals surface area contributed by atoms with E-state index in [1.807, 2.05) is 54.6 Å². The summed E-state index contributed by atoms with van der Waals surface area (Å²) in [5.41, 5.74) is 2.63. The Kier molecular flexibility index (Phi) is 4.54. The quantitative estimate of drug-likeness (QED) is 0.399. The Labute approximate surface area is 156 Å². The van der Waals surface area contributed by atoms with E-state index in [4.69, 9.17) is 4.74 Å². The first-order chi connectivity index (χ1) is 13.2. The van der Waals surface area contributed by atoms with Crippen LogP contribution in [0.5, 0.6) is 5.75 Å². The van der Waals surface area contributed by atoms with Crippen molar-refractivity contribution in [2.24, 2.45) is 0 Å². The topological polar surface area (TPSA) is 59.2 Å². The summed E-state index contributed by atoms with van der Waals surface area (Å²) in [4.78, 5) is 28.2. The zero-order valence-corrected chi connectivity index (χ0v) is 14.5. The van der Waals surface area contributed by atoms with Crippen LogP contribution in [0.3, 0.4) is 0 Å². The summed E-state index contributed by atoms with van der Waals surface area (Å²) in [6.45, 7) is 0.447. The van der Waals surface area contributed by atoms with Gasteiger partial charge in [-0.3, -0.25) is 9.59 Å². The number of para-hydroxylation sites is 1. The van der Waals surface area contributed by atoms with Gasteiger partial charge >= 0.3 is 0 Å². The fraction of sp³-hybridized carbons (Fsp3) is 0.0435. The number of rotatable bonds is 6. The molecule has 132 valence electrons. The maximum Gasteiger partial charge on any atom is 0.235 e. The van der Waals surface area contributed by atoms with Crippen LogP contribution >= 0.6 is 0 Å². The standard InChI is InChI=1S/C23H17NO3/c25-22(23(26)20-14-24-21-9-5-4-8-19(20)21)17-10-12-18(13-11-17)27-15-16-6-2-1-3-7-16/h1-14,24H,15H2. The van der Waals surface area contributed by atoms with Gasteiger partial charge in [-0.15, -0.1) is 0 Å². The lowest BCUT2D eigenvalue weighted by atomic mass is 10.0. The lowest BCUT2D eigenvalue weighted by molar-refractivity contribution is 0.0818. The molecule has 0 aliphatic heterocycles. The number of benzene rings is 3. The molecule has 0 amide bonds. The largest absolute Gasteiger partial charge is 0.489 e. The molecule has 0 radical (unpaired) electrons. The molecule has 1 N–H and O–H groups in total. The molecule has 0 fully saturated rings. The summed E-state index contributed by atoms with van der Waals surface area (Å²) in [6.07, 6.45) is 1.59. The lowest BCUT2D eigenvalue weighted by Crippen LogP contribution is -2.14. The first-order valence-electron chi connectivity index (χ1n) is 8.64. The molecular formula is C23H17NO3. The Balaban J connectivity index is 1.48. The number of Topliss-reactive ketones (excluding diaryl/α,β-unsaturated/α-hetero) is 2. The average molecular weight is 355 g/mol. The van der Waals surface area contributed by atoms with Gasteiger partial charge in [-0.05, 0) is 35.9 Å². The lowest BCUT2D eigenvalue weighted by Gasteiger charge is -2.07. The maximum absolute atomic E-state index is 12.6. The second-order valence-electron chi connectivity index (χ2n) is 6.20. The van der Waals surface area contributed by atoms with E-state index in [-0.39, 0.29) is 0 Å². The first-order valence-corrected chi connectivity index (χ1v) is 8.64. The predicted molar refractivity (Wildman–Crippen MR) is 104 cm³/mol. The highest BCUT2D eigenvalue weighted by Gasteiger charge is 2.21.